The van der Waals surface area contributed by atoms with Crippen molar-refractivity contribution in [3.63, 3.8) is 0 Å². The number of amidine groups is 1. The van der Waals surface area contributed by atoms with E-state index >= 15 is 0 Å². The van der Waals surface area contributed by atoms with Crippen LogP contribution in [0.5, 0.6) is 5.75 Å². The second kappa shape index (κ2) is 8.01. The topological polar surface area (TPSA) is 55.0 Å². The molecule has 1 aliphatic rings. The first-order valence-corrected chi connectivity index (χ1v) is 9.92. The first-order valence-electron chi connectivity index (χ1n) is 9.11. The Morgan fingerprint density at radius 1 is 1.03 bits per heavy atom. The molecule has 0 bridgehead atoms. The van der Waals surface area contributed by atoms with Gasteiger partial charge in [0.05, 0.1) is 17.7 Å². The molecule has 2 aromatic carbocycles. The molecule has 29 heavy (non-hydrogen) atoms. The Hall–Kier alpha value is -3.25. The lowest BCUT2D eigenvalue weighted by Gasteiger charge is -2.07. The number of ether oxygens (including phenoxy) is 1. The summed E-state index contributed by atoms with van der Waals surface area (Å²) in [6.45, 7) is 2.03. The van der Waals surface area contributed by atoms with Gasteiger partial charge in [-0.1, -0.05) is 17.7 Å². The van der Waals surface area contributed by atoms with Gasteiger partial charge in [0.2, 0.25) is 0 Å². The van der Waals surface area contributed by atoms with Gasteiger partial charge in [-0.05, 0) is 67.2 Å². The summed E-state index contributed by atoms with van der Waals surface area (Å²) < 4.78 is 11.1. The minimum Gasteiger partial charge on any atom is -0.497 e. The fourth-order valence-electron chi connectivity index (χ4n) is 2.85. The van der Waals surface area contributed by atoms with Crippen molar-refractivity contribution in [3.05, 3.63) is 76.9 Å². The highest BCUT2D eigenvalue weighted by molar-refractivity contribution is 8.18. The van der Waals surface area contributed by atoms with Gasteiger partial charge in [0, 0.05) is 18.7 Å². The third-order valence-electron chi connectivity index (χ3n) is 4.54. The Labute approximate surface area is 173 Å². The van der Waals surface area contributed by atoms with Crippen LogP contribution in [0.4, 0.5) is 5.69 Å². The van der Waals surface area contributed by atoms with E-state index in [1.165, 1.54) is 17.3 Å². The molecule has 5 nitrogen and oxygen atoms in total. The van der Waals surface area contributed by atoms with Crippen LogP contribution in [0, 0.1) is 6.92 Å². The number of aryl methyl sites for hydroxylation is 1. The van der Waals surface area contributed by atoms with Gasteiger partial charge in [-0.15, -0.1) is 0 Å². The summed E-state index contributed by atoms with van der Waals surface area (Å²) in [7, 11) is 3.37. The molecule has 3 aromatic rings. The molecule has 0 aliphatic carbocycles. The quantitative estimate of drug-likeness (QED) is 0.539. The van der Waals surface area contributed by atoms with E-state index in [1.54, 1.807) is 25.1 Å². The average molecular weight is 404 g/mol. The third kappa shape index (κ3) is 4.12. The molecule has 6 heteroatoms. The van der Waals surface area contributed by atoms with Crippen LogP contribution in [-0.2, 0) is 4.79 Å². The largest absolute Gasteiger partial charge is 0.497 e. The van der Waals surface area contributed by atoms with E-state index in [0.29, 0.717) is 15.8 Å². The van der Waals surface area contributed by atoms with Crippen LogP contribution in [-0.4, -0.2) is 30.1 Å². The number of benzene rings is 2. The summed E-state index contributed by atoms with van der Waals surface area (Å²) in [4.78, 5) is 19.3. The van der Waals surface area contributed by atoms with E-state index in [9.17, 15) is 4.79 Å². The number of thioether (sulfide) groups is 1. The van der Waals surface area contributed by atoms with Crippen molar-refractivity contribution in [1.29, 1.82) is 0 Å². The number of methoxy groups -OCH3 is 1. The number of nitrogens with zero attached hydrogens (tertiary/aromatic N) is 2. The summed E-state index contributed by atoms with van der Waals surface area (Å²) in [5.74, 6) is 2.05. The van der Waals surface area contributed by atoms with Gasteiger partial charge in [-0.2, -0.15) is 0 Å². The molecule has 1 aliphatic heterocycles. The number of aliphatic imine (C=N–C) groups is 1. The molecule has 4 rings (SSSR count). The predicted octanol–water partition coefficient (Wildman–Crippen LogP) is 5.50. The second-order valence-electron chi connectivity index (χ2n) is 6.64. The average Bonchev–Trinajstić information content (AvgIpc) is 3.31. The zero-order valence-corrected chi connectivity index (χ0v) is 17.2. The van der Waals surface area contributed by atoms with Crippen LogP contribution >= 0.6 is 11.8 Å². The fourth-order valence-corrected chi connectivity index (χ4v) is 3.82. The van der Waals surface area contributed by atoms with E-state index in [2.05, 4.69) is 4.99 Å². The summed E-state index contributed by atoms with van der Waals surface area (Å²) in [5.41, 5.74) is 2.93. The molecular formula is C23H20N2O3S. The van der Waals surface area contributed by atoms with Gasteiger partial charge in [-0.25, -0.2) is 4.99 Å². The molecule has 1 saturated heterocycles. The zero-order valence-electron chi connectivity index (χ0n) is 16.4. The molecule has 1 aromatic heterocycles. The van der Waals surface area contributed by atoms with Gasteiger partial charge in [-0.3, -0.25) is 9.69 Å². The third-order valence-corrected chi connectivity index (χ3v) is 5.60. The van der Waals surface area contributed by atoms with Gasteiger partial charge < -0.3 is 9.15 Å². The first kappa shape index (κ1) is 19.1. The second-order valence-corrected chi connectivity index (χ2v) is 7.64. The van der Waals surface area contributed by atoms with Crippen molar-refractivity contribution in [2.24, 2.45) is 4.99 Å². The molecule has 0 unspecified atom stereocenters. The number of furan rings is 1. The fraction of sp³-hybridized carbons (Fsp3) is 0.130. The van der Waals surface area contributed by atoms with Crippen molar-refractivity contribution in [2.45, 2.75) is 6.92 Å². The van der Waals surface area contributed by atoms with Crippen LogP contribution in [0.2, 0.25) is 0 Å². The molecule has 0 N–H and O–H groups in total. The number of carbonyl (C=O) groups is 1. The number of amides is 1. The molecule has 0 spiro atoms. The highest BCUT2D eigenvalue weighted by atomic mass is 32.2. The number of likely N-dealkylation sites (N-methyl/N-ethyl adjacent to an activating group) is 1. The molecule has 146 valence electrons. The van der Waals surface area contributed by atoms with Crippen LogP contribution in [0.3, 0.4) is 0 Å². The Kier molecular flexibility index (Phi) is 5.27. The van der Waals surface area contributed by atoms with E-state index in [-0.39, 0.29) is 5.91 Å². The maximum Gasteiger partial charge on any atom is 0.266 e. The van der Waals surface area contributed by atoms with Crippen LogP contribution < -0.4 is 4.74 Å². The van der Waals surface area contributed by atoms with E-state index < -0.39 is 0 Å². The highest BCUT2D eigenvalue weighted by Crippen LogP contribution is 2.34. The van der Waals surface area contributed by atoms with Crippen LogP contribution in [0.25, 0.3) is 17.4 Å². The summed E-state index contributed by atoms with van der Waals surface area (Å²) >= 11 is 1.34. The first-order chi connectivity index (χ1) is 14.0. The molecule has 2 heterocycles. The van der Waals surface area contributed by atoms with Crippen molar-refractivity contribution >= 4 is 34.6 Å². The van der Waals surface area contributed by atoms with Gasteiger partial charge in [0.15, 0.2) is 5.17 Å². The maximum absolute atomic E-state index is 12.6. The van der Waals surface area contributed by atoms with E-state index in [1.807, 2.05) is 67.6 Å². The van der Waals surface area contributed by atoms with Gasteiger partial charge >= 0.3 is 0 Å². The zero-order chi connectivity index (χ0) is 20.4. The van der Waals surface area contributed by atoms with E-state index in [0.717, 1.165) is 22.8 Å². The lowest BCUT2D eigenvalue weighted by atomic mass is 10.2. The standard InChI is InChI=1S/C23H20N2O3S/c1-15-4-8-17(9-5-15)24-23-25(2)22(26)21(29-23)14-19-12-13-20(28-19)16-6-10-18(27-3)11-7-16/h4-14H,1-3H3/b21-14-,24-23+. The lowest BCUT2D eigenvalue weighted by molar-refractivity contribution is -0.121. The minimum absolute atomic E-state index is 0.0942. The van der Waals surface area contributed by atoms with Gasteiger partial charge in [0.1, 0.15) is 17.3 Å². The van der Waals surface area contributed by atoms with Crippen molar-refractivity contribution in [1.82, 2.24) is 4.90 Å². The predicted molar refractivity (Wildman–Crippen MR) is 117 cm³/mol. The molecule has 1 fully saturated rings. The van der Waals surface area contributed by atoms with Gasteiger partial charge in [0.25, 0.3) is 5.91 Å². The number of hydrogen-bond acceptors (Lipinski definition) is 5. The highest BCUT2D eigenvalue weighted by Gasteiger charge is 2.30. The number of rotatable bonds is 4. The summed E-state index contributed by atoms with van der Waals surface area (Å²) in [6.07, 6.45) is 1.76. The van der Waals surface area contributed by atoms with E-state index in [4.69, 9.17) is 9.15 Å². The Balaban J connectivity index is 1.56. The summed E-state index contributed by atoms with van der Waals surface area (Å²) in [6, 6.07) is 19.3. The normalized spacial score (nSPS) is 16.8. The number of carbonyl (C=O) groups excluding carboxylic acids is 1. The van der Waals surface area contributed by atoms with Crippen molar-refractivity contribution < 1.29 is 13.9 Å². The Bertz CT molecular complexity index is 1100. The molecule has 0 atom stereocenters. The van der Waals surface area contributed by atoms with Crippen molar-refractivity contribution in [2.75, 3.05) is 14.2 Å². The Morgan fingerprint density at radius 3 is 2.45 bits per heavy atom. The van der Waals surface area contributed by atoms with Crippen molar-refractivity contribution in [3.8, 4) is 17.1 Å². The van der Waals surface area contributed by atoms with Crippen LogP contribution in [0.1, 0.15) is 11.3 Å². The monoisotopic (exact) mass is 404 g/mol. The maximum atomic E-state index is 12.6. The molecule has 0 radical (unpaired) electrons. The van der Waals surface area contributed by atoms with Crippen LogP contribution in [0.15, 0.2) is 75.0 Å². The summed E-state index contributed by atoms with van der Waals surface area (Å²) in [5, 5.41) is 0.645. The molecular weight excluding hydrogens is 384 g/mol. The SMILES string of the molecule is COc1ccc(-c2ccc(/C=C3\S/C(=N/c4ccc(C)cc4)N(C)C3=O)o2)cc1. The molecule has 0 saturated carbocycles. The molecule has 1 amide bonds. The smallest absolute Gasteiger partial charge is 0.266 e. The lowest BCUT2D eigenvalue weighted by Crippen LogP contribution is -2.23. The Morgan fingerprint density at radius 2 is 1.76 bits per heavy atom. The number of hydrogen-bond donors (Lipinski definition) is 0. The minimum atomic E-state index is -0.0942.